The van der Waals surface area contributed by atoms with E-state index in [-0.39, 0.29) is 18.0 Å². The van der Waals surface area contributed by atoms with Gasteiger partial charge in [0.05, 0.1) is 12.1 Å². The molecular formula is C10H14N2O3. The topological polar surface area (TPSA) is 60.9 Å². The van der Waals surface area contributed by atoms with Gasteiger partial charge in [-0.15, -0.1) is 0 Å². The fourth-order valence-electron chi connectivity index (χ4n) is 2.52. The maximum absolute atomic E-state index is 11.5. The molecule has 2 aliphatic rings. The molecule has 1 N–H and O–H groups in total. The van der Waals surface area contributed by atoms with Crippen LogP contribution in [0.25, 0.3) is 0 Å². The third kappa shape index (κ3) is 1.58. The first-order chi connectivity index (χ1) is 7.13. The summed E-state index contributed by atoms with van der Waals surface area (Å²) >= 11 is 0. The Kier molecular flexibility index (Phi) is 2.38. The van der Waals surface area contributed by atoms with Crippen molar-refractivity contribution in [1.29, 1.82) is 0 Å². The molecule has 2 bridgehead atoms. The predicted octanol–water partition coefficient (Wildman–Crippen LogP) is 0.526. The Balaban J connectivity index is 2.13. The first kappa shape index (κ1) is 10.0. The van der Waals surface area contributed by atoms with E-state index >= 15 is 0 Å². The number of amides is 2. The van der Waals surface area contributed by atoms with Crippen LogP contribution < -0.4 is 0 Å². The summed E-state index contributed by atoms with van der Waals surface area (Å²) in [6.45, 7) is 4.34. The van der Waals surface area contributed by atoms with Crippen molar-refractivity contribution in [1.82, 2.24) is 9.80 Å². The molecule has 0 unspecified atom stereocenters. The van der Waals surface area contributed by atoms with Gasteiger partial charge in [0.25, 0.3) is 0 Å². The highest BCUT2D eigenvalue weighted by Gasteiger charge is 2.42. The van der Waals surface area contributed by atoms with Crippen molar-refractivity contribution in [3.05, 3.63) is 12.7 Å². The lowest BCUT2D eigenvalue weighted by Gasteiger charge is -2.39. The van der Waals surface area contributed by atoms with Crippen molar-refractivity contribution in [3.8, 4) is 0 Å². The number of hydrogen-bond acceptors (Lipinski definition) is 2. The van der Waals surface area contributed by atoms with E-state index in [0.717, 1.165) is 12.8 Å². The monoisotopic (exact) mass is 210 g/mol. The second-order valence-electron chi connectivity index (χ2n) is 4.02. The zero-order valence-electron chi connectivity index (χ0n) is 8.43. The zero-order chi connectivity index (χ0) is 11.0. The van der Waals surface area contributed by atoms with Gasteiger partial charge in [-0.2, -0.15) is 0 Å². The fourth-order valence-corrected chi connectivity index (χ4v) is 2.52. The number of carboxylic acid groups (broad SMARTS) is 1. The predicted molar refractivity (Wildman–Crippen MR) is 53.5 cm³/mol. The summed E-state index contributed by atoms with van der Waals surface area (Å²) in [7, 11) is 0. The molecule has 2 rings (SSSR count). The number of likely N-dealkylation sites (tertiary alicyclic amines) is 1. The van der Waals surface area contributed by atoms with Crippen LogP contribution in [0, 0.1) is 0 Å². The molecule has 5 nitrogen and oxygen atoms in total. The third-order valence-electron chi connectivity index (χ3n) is 3.18. The van der Waals surface area contributed by atoms with Crippen LogP contribution in [0.3, 0.4) is 0 Å². The highest BCUT2D eigenvalue weighted by atomic mass is 16.4. The molecule has 2 aliphatic heterocycles. The Bertz CT molecular complexity index is 302. The highest BCUT2D eigenvalue weighted by molar-refractivity contribution is 5.88. The lowest BCUT2D eigenvalue weighted by molar-refractivity contribution is -0.131. The average Bonchev–Trinajstić information content (AvgIpc) is 2.47. The summed E-state index contributed by atoms with van der Waals surface area (Å²) in [6.07, 6.45) is 2.21. The first-order valence-electron chi connectivity index (χ1n) is 5.06. The summed E-state index contributed by atoms with van der Waals surface area (Å²) in [5.74, 6) is -0.0764. The maximum Gasteiger partial charge on any atom is 0.407 e. The number of rotatable bonds is 1. The summed E-state index contributed by atoms with van der Waals surface area (Å²) in [6, 6.07) is 0.0932. The maximum atomic E-state index is 11.5. The largest absolute Gasteiger partial charge is 0.465 e. The lowest BCUT2D eigenvalue weighted by Crippen LogP contribution is -2.56. The molecule has 0 aromatic carbocycles. The van der Waals surface area contributed by atoms with E-state index in [0.29, 0.717) is 13.1 Å². The minimum atomic E-state index is -0.891. The Morgan fingerprint density at radius 1 is 1.27 bits per heavy atom. The van der Waals surface area contributed by atoms with Crippen LogP contribution in [0.1, 0.15) is 12.8 Å². The van der Waals surface area contributed by atoms with Gasteiger partial charge in [-0.05, 0) is 18.9 Å². The van der Waals surface area contributed by atoms with Crippen LogP contribution in [-0.2, 0) is 4.79 Å². The van der Waals surface area contributed by atoms with E-state index < -0.39 is 6.09 Å². The number of piperazine rings is 1. The summed E-state index contributed by atoms with van der Waals surface area (Å²) < 4.78 is 0. The van der Waals surface area contributed by atoms with Gasteiger partial charge in [-0.1, -0.05) is 6.58 Å². The number of nitrogens with zero attached hydrogens (tertiary/aromatic N) is 2. The van der Waals surface area contributed by atoms with Gasteiger partial charge < -0.3 is 14.9 Å². The van der Waals surface area contributed by atoms with Crippen molar-refractivity contribution < 1.29 is 14.7 Å². The van der Waals surface area contributed by atoms with E-state index in [9.17, 15) is 9.59 Å². The molecule has 0 spiro atoms. The molecule has 2 amide bonds. The Morgan fingerprint density at radius 3 is 2.20 bits per heavy atom. The normalized spacial score (nSPS) is 29.1. The highest BCUT2D eigenvalue weighted by Crippen LogP contribution is 2.30. The first-order valence-corrected chi connectivity index (χ1v) is 5.06. The zero-order valence-corrected chi connectivity index (χ0v) is 8.43. The second-order valence-corrected chi connectivity index (χ2v) is 4.02. The molecular weight excluding hydrogens is 196 g/mol. The van der Waals surface area contributed by atoms with Crippen LogP contribution in [0.4, 0.5) is 4.79 Å². The van der Waals surface area contributed by atoms with Gasteiger partial charge in [0.2, 0.25) is 5.91 Å². The van der Waals surface area contributed by atoms with Gasteiger partial charge in [0.1, 0.15) is 0 Å². The Morgan fingerprint density at radius 2 is 1.80 bits per heavy atom. The molecule has 0 aromatic heterocycles. The van der Waals surface area contributed by atoms with Crippen molar-refractivity contribution in [3.63, 3.8) is 0 Å². The molecule has 0 saturated carbocycles. The molecule has 0 aliphatic carbocycles. The lowest BCUT2D eigenvalue weighted by atomic mass is 10.2. The number of hydrogen-bond donors (Lipinski definition) is 1. The van der Waals surface area contributed by atoms with Crippen molar-refractivity contribution >= 4 is 12.0 Å². The van der Waals surface area contributed by atoms with Gasteiger partial charge in [0, 0.05) is 13.1 Å². The summed E-state index contributed by atoms with van der Waals surface area (Å²) in [4.78, 5) is 25.5. The Hall–Kier alpha value is -1.52. The van der Waals surface area contributed by atoms with E-state index in [1.165, 1.54) is 11.0 Å². The summed E-state index contributed by atoms with van der Waals surface area (Å²) in [5.41, 5.74) is 0. The van der Waals surface area contributed by atoms with E-state index in [2.05, 4.69) is 6.58 Å². The SMILES string of the molecule is C=CC(=O)N1[C@@H]2CC[C@H]1CN(C(=O)O)C2. The fraction of sp³-hybridized carbons (Fsp3) is 0.600. The van der Waals surface area contributed by atoms with Gasteiger partial charge >= 0.3 is 6.09 Å². The minimum absolute atomic E-state index is 0.0466. The van der Waals surface area contributed by atoms with E-state index in [1.807, 2.05) is 0 Å². The van der Waals surface area contributed by atoms with Crippen LogP contribution in [0.15, 0.2) is 12.7 Å². The molecule has 2 saturated heterocycles. The van der Waals surface area contributed by atoms with E-state index in [4.69, 9.17) is 5.11 Å². The van der Waals surface area contributed by atoms with E-state index in [1.54, 1.807) is 4.90 Å². The Labute approximate surface area is 88.0 Å². The van der Waals surface area contributed by atoms with Crippen LogP contribution in [-0.4, -0.2) is 52.1 Å². The summed E-state index contributed by atoms with van der Waals surface area (Å²) in [5, 5.41) is 8.89. The molecule has 5 heteroatoms. The van der Waals surface area contributed by atoms with Crippen molar-refractivity contribution in [2.75, 3.05) is 13.1 Å². The number of carbonyl (C=O) groups is 2. The molecule has 2 atom stereocenters. The van der Waals surface area contributed by atoms with Crippen molar-refractivity contribution in [2.24, 2.45) is 0 Å². The average molecular weight is 210 g/mol. The second kappa shape index (κ2) is 3.56. The van der Waals surface area contributed by atoms with Gasteiger partial charge in [-0.3, -0.25) is 4.79 Å². The molecule has 15 heavy (non-hydrogen) atoms. The molecule has 0 aromatic rings. The molecule has 82 valence electrons. The quantitative estimate of drug-likeness (QED) is 0.642. The molecule has 0 radical (unpaired) electrons. The smallest absolute Gasteiger partial charge is 0.407 e. The third-order valence-corrected chi connectivity index (χ3v) is 3.18. The molecule has 2 fully saturated rings. The minimum Gasteiger partial charge on any atom is -0.465 e. The van der Waals surface area contributed by atoms with Crippen LogP contribution in [0.2, 0.25) is 0 Å². The number of fused-ring (bicyclic) bond motifs is 2. The van der Waals surface area contributed by atoms with Gasteiger partial charge in [-0.25, -0.2) is 4.79 Å². The van der Waals surface area contributed by atoms with Crippen LogP contribution >= 0.6 is 0 Å². The standard InChI is InChI=1S/C10H14N2O3/c1-2-9(13)12-7-3-4-8(12)6-11(5-7)10(14)15/h2,7-8H,1,3-6H2,(H,14,15)/t7-,8+. The van der Waals surface area contributed by atoms with Crippen LogP contribution in [0.5, 0.6) is 0 Å². The number of carbonyl (C=O) groups excluding carboxylic acids is 1. The van der Waals surface area contributed by atoms with Crippen molar-refractivity contribution in [2.45, 2.75) is 24.9 Å². The molecule has 2 heterocycles. The van der Waals surface area contributed by atoms with Gasteiger partial charge in [0.15, 0.2) is 0 Å².